The summed E-state index contributed by atoms with van der Waals surface area (Å²) in [6.07, 6.45) is 7.95. The Bertz CT molecular complexity index is 1140. The highest BCUT2D eigenvalue weighted by atomic mass is 16.5. The van der Waals surface area contributed by atoms with E-state index >= 15 is 0 Å². The topological polar surface area (TPSA) is 90.4 Å². The summed E-state index contributed by atoms with van der Waals surface area (Å²) < 4.78 is 6.82. The first-order valence-electron chi connectivity index (χ1n) is 13.1. The highest BCUT2D eigenvalue weighted by Gasteiger charge is 2.74. The molecule has 1 unspecified atom stereocenters. The standard InChI is InChI=1S/C29H37N3O5/c1-27(2,3)32-17-9-14-29-22(25(35)31(16-10-18-33)23(29)26(32)36)21-24(34)30(15-8-13-28(21,4)37-29)19-20-11-6-5-7-12-20/h5-9,11-14,21-23,33H,10,15-19H2,1-4H3/t21-,22-,23?,28+,29-/m0/s1. The molecule has 4 heterocycles. The van der Waals surface area contributed by atoms with E-state index in [1.54, 1.807) is 14.7 Å². The number of benzene rings is 1. The summed E-state index contributed by atoms with van der Waals surface area (Å²) in [6, 6.07) is 8.89. The average molecular weight is 508 g/mol. The number of amides is 3. The van der Waals surface area contributed by atoms with Gasteiger partial charge in [-0.25, -0.2) is 0 Å². The minimum atomic E-state index is -1.27. The Morgan fingerprint density at radius 2 is 1.68 bits per heavy atom. The van der Waals surface area contributed by atoms with Crippen LogP contribution in [0.4, 0.5) is 0 Å². The number of likely N-dealkylation sites (tertiary alicyclic amines) is 1. The van der Waals surface area contributed by atoms with Crippen molar-refractivity contribution in [2.75, 3.05) is 26.2 Å². The predicted molar refractivity (Wildman–Crippen MR) is 138 cm³/mol. The molecular formula is C29H37N3O5. The molecule has 2 fully saturated rings. The molecule has 0 aliphatic carbocycles. The van der Waals surface area contributed by atoms with Crippen molar-refractivity contribution in [1.29, 1.82) is 0 Å². The van der Waals surface area contributed by atoms with Gasteiger partial charge in [0.15, 0.2) is 0 Å². The number of carbonyl (C=O) groups is 3. The second-order valence-corrected chi connectivity index (χ2v) is 11.7. The van der Waals surface area contributed by atoms with Crippen LogP contribution in [-0.2, 0) is 25.7 Å². The lowest BCUT2D eigenvalue weighted by atomic mass is 9.74. The van der Waals surface area contributed by atoms with E-state index < -0.39 is 34.6 Å². The maximum Gasteiger partial charge on any atom is 0.249 e. The molecule has 5 rings (SSSR count). The van der Waals surface area contributed by atoms with Crippen LogP contribution < -0.4 is 0 Å². The molecule has 0 saturated carbocycles. The van der Waals surface area contributed by atoms with E-state index in [4.69, 9.17) is 4.74 Å². The van der Waals surface area contributed by atoms with Crippen molar-refractivity contribution in [2.45, 2.75) is 63.4 Å². The van der Waals surface area contributed by atoms with Gasteiger partial charge in [-0.3, -0.25) is 14.4 Å². The van der Waals surface area contributed by atoms with Gasteiger partial charge in [-0.2, -0.15) is 0 Å². The number of aliphatic hydroxyl groups is 1. The molecule has 1 spiro atoms. The third kappa shape index (κ3) is 4.01. The normalized spacial score (nSPS) is 33.4. The summed E-state index contributed by atoms with van der Waals surface area (Å²) >= 11 is 0. The van der Waals surface area contributed by atoms with Gasteiger partial charge in [0.05, 0.1) is 17.4 Å². The van der Waals surface area contributed by atoms with E-state index in [0.29, 0.717) is 26.1 Å². The number of rotatable bonds is 5. The van der Waals surface area contributed by atoms with Gasteiger partial charge in [-0.1, -0.05) is 54.6 Å². The molecule has 0 radical (unpaired) electrons. The van der Waals surface area contributed by atoms with Gasteiger partial charge >= 0.3 is 0 Å². The highest BCUT2D eigenvalue weighted by Crippen LogP contribution is 2.57. The van der Waals surface area contributed by atoms with Crippen LogP contribution in [0.2, 0.25) is 0 Å². The molecule has 3 amide bonds. The zero-order valence-corrected chi connectivity index (χ0v) is 22.1. The number of hydrogen-bond donors (Lipinski definition) is 1. The van der Waals surface area contributed by atoms with Crippen molar-refractivity contribution >= 4 is 17.7 Å². The van der Waals surface area contributed by atoms with Gasteiger partial charge in [0.2, 0.25) is 17.7 Å². The van der Waals surface area contributed by atoms with Crippen LogP contribution in [0.3, 0.4) is 0 Å². The first kappa shape index (κ1) is 25.7. The number of nitrogens with zero attached hydrogens (tertiary/aromatic N) is 3. The first-order chi connectivity index (χ1) is 17.5. The fourth-order valence-corrected chi connectivity index (χ4v) is 6.60. The summed E-state index contributed by atoms with van der Waals surface area (Å²) in [7, 11) is 0. The lowest BCUT2D eigenvalue weighted by Gasteiger charge is -2.41. The first-order valence-corrected chi connectivity index (χ1v) is 13.1. The number of aliphatic hydroxyl groups excluding tert-OH is 1. The van der Waals surface area contributed by atoms with Crippen LogP contribution in [-0.4, -0.2) is 86.6 Å². The second-order valence-electron chi connectivity index (χ2n) is 11.7. The molecule has 37 heavy (non-hydrogen) atoms. The number of ether oxygens (including phenoxy) is 1. The van der Waals surface area contributed by atoms with Gasteiger partial charge < -0.3 is 24.5 Å². The third-order valence-corrected chi connectivity index (χ3v) is 8.22. The van der Waals surface area contributed by atoms with Gasteiger partial charge in [-0.15, -0.1) is 0 Å². The Morgan fingerprint density at radius 3 is 2.35 bits per heavy atom. The van der Waals surface area contributed by atoms with E-state index in [2.05, 4.69) is 0 Å². The van der Waals surface area contributed by atoms with E-state index in [1.165, 1.54) is 0 Å². The Balaban J connectivity index is 1.59. The Hall–Kier alpha value is -2.97. The van der Waals surface area contributed by atoms with Crippen molar-refractivity contribution in [3.63, 3.8) is 0 Å². The largest absolute Gasteiger partial charge is 0.396 e. The summed E-state index contributed by atoms with van der Waals surface area (Å²) in [5, 5.41) is 9.55. The molecule has 8 heteroatoms. The molecule has 4 aliphatic heterocycles. The molecule has 5 atom stereocenters. The van der Waals surface area contributed by atoms with Crippen LogP contribution in [0, 0.1) is 11.8 Å². The molecule has 1 aromatic carbocycles. The Kier molecular flexibility index (Phi) is 6.31. The fraction of sp³-hybridized carbons (Fsp3) is 0.552. The lowest BCUT2D eigenvalue weighted by Crippen LogP contribution is -2.59. The van der Waals surface area contributed by atoms with Crippen molar-refractivity contribution < 1.29 is 24.2 Å². The molecule has 2 saturated heterocycles. The van der Waals surface area contributed by atoms with Gasteiger partial charge in [0.25, 0.3) is 0 Å². The molecule has 198 valence electrons. The molecule has 0 aromatic heterocycles. The van der Waals surface area contributed by atoms with Crippen molar-refractivity contribution in [2.24, 2.45) is 11.8 Å². The summed E-state index contributed by atoms with van der Waals surface area (Å²) in [5.41, 5.74) is -1.76. The zero-order valence-electron chi connectivity index (χ0n) is 22.1. The van der Waals surface area contributed by atoms with E-state index in [-0.39, 0.29) is 30.9 Å². The monoisotopic (exact) mass is 507 g/mol. The molecule has 4 aliphatic rings. The molecule has 1 aromatic rings. The van der Waals surface area contributed by atoms with Crippen LogP contribution in [0.1, 0.15) is 39.7 Å². The molecular weight excluding hydrogens is 470 g/mol. The van der Waals surface area contributed by atoms with Crippen LogP contribution in [0.5, 0.6) is 0 Å². The van der Waals surface area contributed by atoms with E-state index in [9.17, 15) is 19.5 Å². The quantitative estimate of drug-likeness (QED) is 0.617. The Morgan fingerprint density at radius 1 is 0.973 bits per heavy atom. The number of carbonyl (C=O) groups excluding carboxylic acids is 3. The SMILES string of the molecule is CC(C)(C)N1CC=C[C@]23O[C@]4(C)C=CCN(Cc5ccccc5)C(=O)[C@@H]4[C@H]2C(=O)N(CCCO)C3C1=O. The van der Waals surface area contributed by atoms with Crippen molar-refractivity contribution in [3.8, 4) is 0 Å². The fourth-order valence-electron chi connectivity index (χ4n) is 6.60. The third-order valence-electron chi connectivity index (χ3n) is 8.22. The maximum absolute atomic E-state index is 14.2. The Labute approximate surface area is 218 Å². The van der Waals surface area contributed by atoms with Gasteiger partial charge in [-0.05, 0) is 39.7 Å². The highest BCUT2D eigenvalue weighted by molar-refractivity contribution is 6.00. The summed E-state index contributed by atoms with van der Waals surface area (Å²) in [5.74, 6) is -2.21. The van der Waals surface area contributed by atoms with Crippen molar-refractivity contribution in [1.82, 2.24) is 14.7 Å². The van der Waals surface area contributed by atoms with Gasteiger partial charge in [0.1, 0.15) is 11.6 Å². The number of hydrogen-bond acceptors (Lipinski definition) is 5. The van der Waals surface area contributed by atoms with Crippen LogP contribution in [0.15, 0.2) is 54.6 Å². The maximum atomic E-state index is 14.2. The minimum Gasteiger partial charge on any atom is -0.396 e. The van der Waals surface area contributed by atoms with Crippen molar-refractivity contribution in [3.05, 3.63) is 60.2 Å². The summed E-state index contributed by atoms with van der Waals surface area (Å²) in [4.78, 5) is 47.6. The average Bonchev–Trinajstić information content (AvgIpc) is 3.10. The molecule has 0 bridgehead atoms. The molecule has 1 N–H and O–H groups in total. The number of fused-ring (bicyclic) bond motifs is 2. The minimum absolute atomic E-state index is 0.101. The van der Waals surface area contributed by atoms with Crippen LogP contribution in [0.25, 0.3) is 0 Å². The van der Waals surface area contributed by atoms with E-state index in [1.807, 2.05) is 82.3 Å². The lowest BCUT2D eigenvalue weighted by molar-refractivity contribution is -0.155. The second kappa shape index (κ2) is 9.10. The summed E-state index contributed by atoms with van der Waals surface area (Å²) in [6.45, 7) is 9.13. The molecule has 8 nitrogen and oxygen atoms in total. The smallest absolute Gasteiger partial charge is 0.249 e. The zero-order chi connectivity index (χ0) is 26.6. The van der Waals surface area contributed by atoms with E-state index in [0.717, 1.165) is 5.56 Å². The van der Waals surface area contributed by atoms with Gasteiger partial charge in [0, 0.05) is 38.3 Å². The predicted octanol–water partition coefficient (Wildman–Crippen LogP) is 2.14. The van der Waals surface area contributed by atoms with Crippen LogP contribution >= 0.6 is 0 Å².